The lowest BCUT2D eigenvalue weighted by atomic mass is 9.76. The van der Waals surface area contributed by atoms with Gasteiger partial charge in [0.25, 0.3) is 0 Å². The predicted molar refractivity (Wildman–Crippen MR) is 71.6 cm³/mol. The number of nitrogens with one attached hydrogen (secondary N) is 1. The van der Waals surface area contributed by atoms with E-state index in [0.29, 0.717) is 5.41 Å². The van der Waals surface area contributed by atoms with Gasteiger partial charge < -0.3 is 5.32 Å². The topological polar surface area (TPSA) is 24.9 Å². The van der Waals surface area contributed by atoms with Crippen molar-refractivity contribution in [2.45, 2.75) is 39.0 Å². The highest BCUT2D eigenvalue weighted by Gasteiger charge is 2.26. The zero-order valence-electron chi connectivity index (χ0n) is 9.80. The fourth-order valence-electron chi connectivity index (χ4n) is 2.41. The van der Waals surface area contributed by atoms with E-state index in [2.05, 4.69) is 39.2 Å². The van der Waals surface area contributed by atoms with Crippen LogP contribution >= 0.6 is 15.9 Å². The molecule has 0 unspecified atom stereocenters. The van der Waals surface area contributed by atoms with Gasteiger partial charge in [0.1, 0.15) is 0 Å². The summed E-state index contributed by atoms with van der Waals surface area (Å²) in [5.41, 5.74) is 1.58. The predicted octanol–water partition coefficient (Wildman–Crippen LogP) is 4.23. The summed E-state index contributed by atoms with van der Waals surface area (Å²) in [4.78, 5) is 4.16. The average molecular weight is 283 g/mol. The third kappa shape index (κ3) is 3.21. The van der Waals surface area contributed by atoms with Crippen LogP contribution in [-0.2, 0) is 0 Å². The lowest BCUT2D eigenvalue weighted by molar-refractivity contribution is 0.233. The van der Waals surface area contributed by atoms with E-state index < -0.39 is 0 Å². The van der Waals surface area contributed by atoms with E-state index in [1.54, 1.807) is 0 Å². The van der Waals surface area contributed by atoms with Crippen molar-refractivity contribution in [2.75, 3.05) is 11.9 Å². The van der Waals surface area contributed by atoms with Crippen LogP contribution in [0.2, 0.25) is 0 Å². The molecule has 3 heteroatoms. The molecule has 1 N–H and O–H groups in total. The zero-order chi connectivity index (χ0) is 11.4. The summed E-state index contributed by atoms with van der Waals surface area (Å²) in [6, 6.07) is 2.08. The number of pyridine rings is 1. The Morgan fingerprint density at radius 3 is 2.75 bits per heavy atom. The van der Waals surface area contributed by atoms with Crippen LogP contribution in [0.5, 0.6) is 0 Å². The van der Waals surface area contributed by atoms with Gasteiger partial charge in [0.05, 0.1) is 11.9 Å². The number of hydrogen-bond donors (Lipinski definition) is 1. The quantitative estimate of drug-likeness (QED) is 0.898. The second kappa shape index (κ2) is 5.17. The molecule has 1 aliphatic rings. The van der Waals surface area contributed by atoms with Gasteiger partial charge in [-0.1, -0.05) is 26.2 Å². The van der Waals surface area contributed by atoms with Crippen molar-refractivity contribution in [3.63, 3.8) is 0 Å². The Hall–Kier alpha value is -0.570. The molecule has 0 bridgehead atoms. The zero-order valence-corrected chi connectivity index (χ0v) is 11.4. The highest BCUT2D eigenvalue weighted by atomic mass is 79.9. The number of aromatic nitrogens is 1. The van der Waals surface area contributed by atoms with Gasteiger partial charge in [0, 0.05) is 17.2 Å². The van der Waals surface area contributed by atoms with Crippen LogP contribution in [-0.4, -0.2) is 11.5 Å². The lowest BCUT2D eigenvalue weighted by Crippen LogP contribution is -2.28. The van der Waals surface area contributed by atoms with E-state index in [0.717, 1.165) is 16.7 Å². The fraction of sp³-hybridized carbons (Fsp3) is 0.615. The summed E-state index contributed by atoms with van der Waals surface area (Å²) in [7, 11) is 0. The average Bonchev–Trinajstić information content (AvgIpc) is 2.28. The van der Waals surface area contributed by atoms with Gasteiger partial charge in [0.15, 0.2) is 0 Å². The number of halogens is 1. The molecule has 2 rings (SSSR count). The number of rotatable bonds is 3. The number of nitrogens with zero attached hydrogens (tertiary/aromatic N) is 1. The molecule has 1 aromatic heterocycles. The van der Waals surface area contributed by atoms with Crippen LogP contribution in [0.1, 0.15) is 39.0 Å². The Morgan fingerprint density at radius 1 is 1.31 bits per heavy atom. The van der Waals surface area contributed by atoms with Gasteiger partial charge in [-0.3, -0.25) is 4.98 Å². The van der Waals surface area contributed by atoms with E-state index in [4.69, 9.17) is 0 Å². The highest BCUT2D eigenvalue weighted by molar-refractivity contribution is 9.10. The van der Waals surface area contributed by atoms with Crippen LogP contribution < -0.4 is 5.32 Å². The summed E-state index contributed by atoms with van der Waals surface area (Å²) in [5.74, 6) is 0. The molecular formula is C13H19BrN2. The second-order valence-corrected chi connectivity index (χ2v) is 6.03. The molecule has 1 aromatic rings. The van der Waals surface area contributed by atoms with Gasteiger partial charge in [0.2, 0.25) is 0 Å². The Balaban J connectivity index is 1.91. The molecule has 1 fully saturated rings. The SMILES string of the molecule is CC1(CNc2cncc(Br)c2)CCCCC1. The molecule has 2 nitrogen and oxygen atoms in total. The van der Waals surface area contributed by atoms with Crippen molar-refractivity contribution in [1.29, 1.82) is 0 Å². The first-order chi connectivity index (χ1) is 7.68. The summed E-state index contributed by atoms with van der Waals surface area (Å²) in [6.45, 7) is 3.45. The normalized spacial score (nSPS) is 19.4. The summed E-state index contributed by atoms with van der Waals surface area (Å²) in [5, 5.41) is 3.50. The van der Waals surface area contributed by atoms with E-state index in [-0.39, 0.29) is 0 Å². The Labute approximate surface area is 106 Å². The largest absolute Gasteiger partial charge is 0.383 e. The number of hydrogen-bond acceptors (Lipinski definition) is 2. The van der Waals surface area contributed by atoms with Gasteiger partial charge in [-0.15, -0.1) is 0 Å². The maximum atomic E-state index is 4.16. The first-order valence-corrected chi connectivity index (χ1v) is 6.82. The maximum Gasteiger partial charge on any atom is 0.0538 e. The van der Waals surface area contributed by atoms with Crippen LogP contribution in [0.4, 0.5) is 5.69 Å². The minimum Gasteiger partial charge on any atom is -0.383 e. The van der Waals surface area contributed by atoms with Gasteiger partial charge in [-0.05, 0) is 40.3 Å². The first-order valence-electron chi connectivity index (χ1n) is 6.02. The highest BCUT2D eigenvalue weighted by Crippen LogP contribution is 2.35. The Bertz CT molecular complexity index is 346. The van der Waals surface area contributed by atoms with E-state index in [9.17, 15) is 0 Å². The third-order valence-corrected chi connectivity index (χ3v) is 3.92. The van der Waals surface area contributed by atoms with Crippen LogP contribution in [0.25, 0.3) is 0 Å². The summed E-state index contributed by atoms with van der Waals surface area (Å²) in [6.07, 6.45) is 10.6. The molecule has 1 heterocycles. The molecule has 0 spiro atoms. The third-order valence-electron chi connectivity index (χ3n) is 3.48. The molecule has 0 aliphatic heterocycles. The monoisotopic (exact) mass is 282 g/mol. The molecule has 0 radical (unpaired) electrons. The molecule has 16 heavy (non-hydrogen) atoms. The fourth-order valence-corrected chi connectivity index (χ4v) is 2.77. The van der Waals surface area contributed by atoms with E-state index in [1.165, 1.54) is 32.1 Å². The molecule has 1 aliphatic carbocycles. The van der Waals surface area contributed by atoms with Crippen molar-refractivity contribution in [3.8, 4) is 0 Å². The van der Waals surface area contributed by atoms with Crippen LogP contribution in [0.3, 0.4) is 0 Å². The minimum absolute atomic E-state index is 0.473. The second-order valence-electron chi connectivity index (χ2n) is 5.12. The van der Waals surface area contributed by atoms with Gasteiger partial charge in [-0.25, -0.2) is 0 Å². The van der Waals surface area contributed by atoms with Crippen molar-refractivity contribution in [1.82, 2.24) is 4.98 Å². The number of anilines is 1. The van der Waals surface area contributed by atoms with Crippen LogP contribution in [0.15, 0.2) is 22.9 Å². The summed E-state index contributed by atoms with van der Waals surface area (Å²) < 4.78 is 1.03. The molecule has 0 amide bonds. The molecule has 0 saturated heterocycles. The maximum absolute atomic E-state index is 4.16. The van der Waals surface area contributed by atoms with E-state index in [1.807, 2.05) is 12.4 Å². The smallest absolute Gasteiger partial charge is 0.0538 e. The Morgan fingerprint density at radius 2 is 2.06 bits per heavy atom. The molecule has 0 aromatic carbocycles. The summed E-state index contributed by atoms with van der Waals surface area (Å²) >= 11 is 3.44. The van der Waals surface area contributed by atoms with Crippen LogP contribution in [0, 0.1) is 5.41 Å². The van der Waals surface area contributed by atoms with Crippen molar-refractivity contribution >= 4 is 21.6 Å². The molecular weight excluding hydrogens is 264 g/mol. The standard InChI is InChI=1S/C13H19BrN2/c1-13(5-3-2-4-6-13)10-16-12-7-11(14)8-15-9-12/h7-9,16H,2-6,10H2,1H3. The minimum atomic E-state index is 0.473. The van der Waals surface area contributed by atoms with E-state index >= 15 is 0 Å². The lowest BCUT2D eigenvalue weighted by Gasteiger charge is -2.34. The molecule has 88 valence electrons. The van der Waals surface area contributed by atoms with Gasteiger partial charge >= 0.3 is 0 Å². The van der Waals surface area contributed by atoms with Crippen molar-refractivity contribution < 1.29 is 0 Å². The van der Waals surface area contributed by atoms with Crippen molar-refractivity contribution in [3.05, 3.63) is 22.9 Å². The Kier molecular flexibility index (Phi) is 3.85. The van der Waals surface area contributed by atoms with Crippen molar-refractivity contribution in [2.24, 2.45) is 5.41 Å². The molecule has 0 atom stereocenters. The first kappa shape index (κ1) is 11.9. The van der Waals surface area contributed by atoms with Gasteiger partial charge in [-0.2, -0.15) is 0 Å². The molecule has 1 saturated carbocycles.